The second-order valence-corrected chi connectivity index (χ2v) is 7.14. The molecule has 156 valence electrons. The number of fused-ring (bicyclic) bond motifs is 1. The van der Waals surface area contributed by atoms with Crippen molar-refractivity contribution in [1.82, 2.24) is 0 Å². The Morgan fingerprint density at radius 1 is 1.00 bits per heavy atom. The maximum atomic E-state index is 14.1. The van der Waals surface area contributed by atoms with E-state index in [1.54, 1.807) is 32.0 Å². The molecule has 1 heterocycles. The van der Waals surface area contributed by atoms with Gasteiger partial charge in [-0.15, -0.1) is 0 Å². The van der Waals surface area contributed by atoms with Gasteiger partial charge in [0.15, 0.2) is 11.0 Å². The zero-order chi connectivity index (χ0) is 22.0. The molecule has 6 heteroatoms. The Kier molecular flexibility index (Phi) is 5.54. The van der Waals surface area contributed by atoms with Crippen LogP contribution in [0.4, 0.5) is 10.1 Å². The van der Waals surface area contributed by atoms with Gasteiger partial charge >= 0.3 is 0 Å². The number of anilines is 1. The molecule has 1 aromatic heterocycles. The van der Waals surface area contributed by atoms with E-state index in [9.17, 15) is 14.0 Å². The number of halogens is 1. The molecule has 0 saturated carbocycles. The predicted molar refractivity (Wildman–Crippen MR) is 117 cm³/mol. The molecule has 31 heavy (non-hydrogen) atoms. The number of hydrogen-bond donors (Lipinski definition) is 1. The Hall–Kier alpha value is -3.93. The van der Waals surface area contributed by atoms with Crippen LogP contribution in [0, 0.1) is 19.7 Å². The van der Waals surface area contributed by atoms with Gasteiger partial charge in [-0.1, -0.05) is 42.5 Å². The van der Waals surface area contributed by atoms with Gasteiger partial charge in [-0.05, 0) is 43.7 Å². The lowest BCUT2D eigenvalue weighted by Crippen LogP contribution is -2.17. The fourth-order valence-corrected chi connectivity index (χ4v) is 3.26. The number of benzene rings is 3. The molecule has 0 aliphatic carbocycles. The SMILES string of the molecule is Cc1oc2c(C(=O)Nc3ccccc3F)c(OCc3ccccc3)ccc2c(=O)c1C. The number of nitrogens with one attached hydrogen (secondary N) is 1. The van der Waals surface area contributed by atoms with Crippen molar-refractivity contribution < 1.29 is 18.3 Å². The number of hydrogen-bond acceptors (Lipinski definition) is 4. The Morgan fingerprint density at radius 3 is 2.45 bits per heavy atom. The van der Waals surface area contributed by atoms with Crippen molar-refractivity contribution in [3.05, 3.63) is 105 Å². The minimum absolute atomic E-state index is 0.0182. The third kappa shape index (κ3) is 4.05. The fraction of sp³-hybridized carbons (Fsp3) is 0.120. The third-order valence-corrected chi connectivity index (χ3v) is 5.07. The van der Waals surface area contributed by atoms with Gasteiger partial charge in [0.1, 0.15) is 29.5 Å². The normalized spacial score (nSPS) is 10.8. The van der Waals surface area contributed by atoms with Gasteiger partial charge in [0, 0.05) is 5.56 Å². The molecular weight excluding hydrogens is 397 g/mol. The minimum Gasteiger partial charge on any atom is -0.488 e. The van der Waals surface area contributed by atoms with Crippen molar-refractivity contribution in [2.75, 3.05) is 5.32 Å². The quantitative estimate of drug-likeness (QED) is 0.473. The van der Waals surface area contributed by atoms with Crippen LogP contribution < -0.4 is 15.5 Å². The van der Waals surface area contributed by atoms with E-state index in [-0.39, 0.29) is 40.0 Å². The van der Waals surface area contributed by atoms with Crippen molar-refractivity contribution in [2.24, 2.45) is 0 Å². The number of carbonyl (C=O) groups is 1. The van der Waals surface area contributed by atoms with Gasteiger partial charge < -0.3 is 14.5 Å². The smallest absolute Gasteiger partial charge is 0.263 e. The van der Waals surface area contributed by atoms with Crippen molar-refractivity contribution in [2.45, 2.75) is 20.5 Å². The van der Waals surface area contributed by atoms with Gasteiger partial charge in [-0.2, -0.15) is 0 Å². The number of aryl methyl sites for hydroxylation is 1. The molecule has 0 saturated heterocycles. The summed E-state index contributed by atoms with van der Waals surface area (Å²) in [6.07, 6.45) is 0. The number of rotatable bonds is 5. The average Bonchev–Trinajstić information content (AvgIpc) is 2.78. The molecule has 0 unspecified atom stereocenters. The van der Waals surface area contributed by atoms with Gasteiger partial charge in [-0.25, -0.2) is 4.39 Å². The topological polar surface area (TPSA) is 68.5 Å². The van der Waals surface area contributed by atoms with Crippen LogP contribution in [0.3, 0.4) is 0 Å². The van der Waals surface area contributed by atoms with E-state index in [1.807, 2.05) is 30.3 Å². The largest absolute Gasteiger partial charge is 0.488 e. The average molecular weight is 417 g/mol. The Balaban J connectivity index is 1.82. The molecule has 0 bridgehead atoms. The van der Waals surface area contributed by atoms with Crippen LogP contribution in [0.5, 0.6) is 5.75 Å². The van der Waals surface area contributed by atoms with Crippen LogP contribution in [0.25, 0.3) is 11.0 Å². The number of ether oxygens (including phenoxy) is 1. The first-order valence-corrected chi connectivity index (χ1v) is 9.75. The van der Waals surface area contributed by atoms with Gasteiger partial charge in [0.25, 0.3) is 5.91 Å². The molecule has 1 N–H and O–H groups in total. The molecule has 3 aromatic carbocycles. The van der Waals surface area contributed by atoms with Crippen LogP contribution in [0.15, 0.2) is 75.9 Å². The molecule has 0 aliphatic rings. The van der Waals surface area contributed by atoms with Crippen molar-refractivity contribution >= 4 is 22.6 Å². The maximum absolute atomic E-state index is 14.1. The first kappa shape index (κ1) is 20.3. The van der Waals surface area contributed by atoms with E-state index >= 15 is 0 Å². The van der Waals surface area contributed by atoms with Gasteiger partial charge in [-0.3, -0.25) is 9.59 Å². The summed E-state index contributed by atoms with van der Waals surface area (Å²) in [4.78, 5) is 25.9. The summed E-state index contributed by atoms with van der Waals surface area (Å²) in [5.41, 5.74) is 1.30. The van der Waals surface area contributed by atoms with Gasteiger partial charge in [0.2, 0.25) is 0 Å². The summed E-state index contributed by atoms with van der Waals surface area (Å²) in [5, 5.41) is 2.81. The van der Waals surface area contributed by atoms with Crippen molar-refractivity contribution in [3.63, 3.8) is 0 Å². The van der Waals surface area contributed by atoms with Crippen LogP contribution >= 0.6 is 0 Å². The summed E-state index contributed by atoms with van der Waals surface area (Å²) in [6.45, 7) is 3.53. The first-order chi connectivity index (χ1) is 15.0. The Bertz CT molecular complexity index is 1330. The first-order valence-electron chi connectivity index (χ1n) is 9.75. The van der Waals surface area contributed by atoms with E-state index < -0.39 is 11.7 Å². The molecule has 5 nitrogen and oxygen atoms in total. The summed E-state index contributed by atoms with van der Waals surface area (Å²) in [6, 6.07) is 18.4. The zero-order valence-electron chi connectivity index (χ0n) is 17.1. The molecule has 0 spiro atoms. The minimum atomic E-state index is -0.634. The summed E-state index contributed by atoms with van der Waals surface area (Å²) in [5.74, 6) is -0.573. The van der Waals surface area contributed by atoms with Crippen LogP contribution in [-0.2, 0) is 6.61 Å². The molecule has 1 amide bonds. The van der Waals surface area contributed by atoms with Crippen LogP contribution in [0.1, 0.15) is 27.2 Å². The second kappa shape index (κ2) is 8.44. The lowest BCUT2D eigenvalue weighted by atomic mass is 10.1. The number of para-hydroxylation sites is 1. The molecular formula is C25H20FNO4. The monoisotopic (exact) mass is 417 g/mol. The molecule has 0 radical (unpaired) electrons. The second-order valence-electron chi connectivity index (χ2n) is 7.14. The van der Waals surface area contributed by atoms with E-state index in [4.69, 9.17) is 9.15 Å². The number of carbonyl (C=O) groups excluding carboxylic acids is 1. The lowest BCUT2D eigenvalue weighted by Gasteiger charge is -2.15. The number of amides is 1. The van der Waals surface area contributed by atoms with Crippen LogP contribution in [0.2, 0.25) is 0 Å². The third-order valence-electron chi connectivity index (χ3n) is 5.07. The predicted octanol–water partition coefficient (Wildman–Crippen LogP) is 5.38. The van der Waals surface area contributed by atoms with Crippen molar-refractivity contribution in [3.8, 4) is 5.75 Å². The van der Waals surface area contributed by atoms with E-state index in [0.717, 1.165) is 5.56 Å². The Labute approximate surface area is 178 Å². The lowest BCUT2D eigenvalue weighted by molar-refractivity contribution is 0.102. The van der Waals surface area contributed by atoms with E-state index in [1.165, 1.54) is 18.2 Å². The fourth-order valence-electron chi connectivity index (χ4n) is 3.26. The molecule has 4 rings (SSSR count). The maximum Gasteiger partial charge on any atom is 0.263 e. The standard InChI is InChI=1S/C25H20FNO4/c1-15-16(2)31-24-18(23(15)28)12-13-21(30-14-17-8-4-3-5-9-17)22(24)25(29)27-20-11-7-6-10-19(20)26/h3-13H,14H2,1-2H3,(H,27,29). The molecule has 0 atom stereocenters. The summed E-state index contributed by atoms with van der Waals surface area (Å²) < 4.78 is 25.9. The molecule has 0 aliphatic heterocycles. The highest BCUT2D eigenvalue weighted by molar-refractivity contribution is 6.13. The van der Waals surface area contributed by atoms with Gasteiger partial charge in [0.05, 0.1) is 11.1 Å². The highest BCUT2D eigenvalue weighted by Crippen LogP contribution is 2.30. The summed E-state index contributed by atoms with van der Waals surface area (Å²) >= 11 is 0. The highest BCUT2D eigenvalue weighted by atomic mass is 19.1. The molecule has 4 aromatic rings. The Morgan fingerprint density at radius 2 is 1.71 bits per heavy atom. The van der Waals surface area contributed by atoms with E-state index in [2.05, 4.69) is 5.32 Å². The zero-order valence-corrected chi connectivity index (χ0v) is 17.1. The molecule has 0 fully saturated rings. The van der Waals surface area contributed by atoms with E-state index in [0.29, 0.717) is 11.3 Å². The highest BCUT2D eigenvalue weighted by Gasteiger charge is 2.22. The van der Waals surface area contributed by atoms with Crippen LogP contribution in [-0.4, -0.2) is 5.91 Å². The summed E-state index contributed by atoms with van der Waals surface area (Å²) in [7, 11) is 0. The van der Waals surface area contributed by atoms with Crippen molar-refractivity contribution in [1.29, 1.82) is 0 Å².